The van der Waals surface area contributed by atoms with Gasteiger partial charge in [-0.15, -0.1) is 0 Å². The van der Waals surface area contributed by atoms with Crippen LogP contribution >= 0.6 is 0 Å². The summed E-state index contributed by atoms with van der Waals surface area (Å²) in [5.74, 6) is -8.54. The quantitative estimate of drug-likeness (QED) is 0.655. The largest absolute Gasteiger partial charge is 0.394 e. The average molecular weight is 337 g/mol. The molecule has 3 nitrogen and oxygen atoms in total. The molecule has 1 amide bonds. The van der Waals surface area contributed by atoms with E-state index in [-0.39, 0.29) is 18.4 Å². The molecule has 0 saturated heterocycles. The highest BCUT2D eigenvalue weighted by Crippen LogP contribution is 2.36. The molecular formula is C15H16F5NO2. The molecule has 23 heavy (non-hydrogen) atoms. The molecule has 0 heterocycles. The van der Waals surface area contributed by atoms with E-state index in [0.717, 1.165) is 0 Å². The summed E-state index contributed by atoms with van der Waals surface area (Å²) in [5, 5.41) is 11.7. The van der Waals surface area contributed by atoms with Gasteiger partial charge in [0.15, 0.2) is 17.5 Å². The standard InChI is InChI=1S/C15H16F5NO2/c16-10-5-9(6-11(17)13(10)18)12(7-22)21-14(23)8-1-3-15(19,20)4-2-8/h5-6,8,12,22H,1-4,7H2,(H,21,23). The van der Waals surface area contributed by atoms with E-state index in [1.54, 1.807) is 0 Å². The van der Waals surface area contributed by atoms with Crippen molar-refractivity contribution in [3.63, 3.8) is 0 Å². The fourth-order valence-electron chi connectivity index (χ4n) is 2.60. The van der Waals surface area contributed by atoms with Crippen LogP contribution in [0.3, 0.4) is 0 Å². The zero-order chi connectivity index (χ0) is 17.2. The summed E-state index contributed by atoms with van der Waals surface area (Å²) in [5.41, 5.74) is -0.140. The van der Waals surface area contributed by atoms with Crippen molar-refractivity contribution in [3.05, 3.63) is 35.1 Å². The number of hydrogen-bond acceptors (Lipinski definition) is 2. The Kier molecular flexibility index (Phi) is 5.23. The third-order valence-electron chi connectivity index (χ3n) is 4.00. The zero-order valence-electron chi connectivity index (χ0n) is 12.1. The van der Waals surface area contributed by atoms with Crippen LogP contribution in [-0.4, -0.2) is 23.5 Å². The second-order valence-electron chi connectivity index (χ2n) is 5.67. The number of alkyl halides is 2. The summed E-state index contributed by atoms with van der Waals surface area (Å²) < 4.78 is 65.5. The molecule has 2 rings (SSSR count). The first-order valence-corrected chi connectivity index (χ1v) is 7.17. The van der Waals surface area contributed by atoms with Gasteiger partial charge in [-0.25, -0.2) is 22.0 Å². The molecule has 2 N–H and O–H groups in total. The number of benzene rings is 1. The molecule has 8 heteroatoms. The summed E-state index contributed by atoms with van der Waals surface area (Å²) in [7, 11) is 0. The van der Waals surface area contributed by atoms with E-state index in [4.69, 9.17) is 0 Å². The van der Waals surface area contributed by atoms with Gasteiger partial charge in [0.1, 0.15) is 0 Å². The van der Waals surface area contributed by atoms with Gasteiger partial charge in [-0.2, -0.15) is 0 Å². The van der Waals surface area contributed by atoms with Crippen LogP contribution in [0.2, 0.25) is 0 Å². The number of amides is 1. The number of rotatable bonds is 4. The average Bonchev–Trinajstić information content (AvgIpc) is 2.49. The van der Waals surface area contributed by atoms with E-state index in [2.05, 4.69) is 5.32 Å². The van der Waals surface area contributed by atoms with Crippen LogP contribution in [0.1, 0.15) is 37.3 Å². The van der Waals surface area contributed by atoms with Gasteiger partial charge in [-0.3, -0.25) is 4.79 Å². The van der Waals surface area contributed by atoms with Crippen LogP contribution in [0.5, 0.6) is 0 Å². The smallest absolute Gasteiger partial charge is 0.248 e. The molecule has 1 saturated carbocycles. The molecule has 1 unspecified atom stereocenters. The first-order chi connectivity index (χ1) is 10.7. The van der Waals surface area contributed by atoms with Crippen molar-refractivity contribution < 1.29 is 31.9 Å². The van der Waals surface area contributed by atoms with Gasteiger partial charge in [-0.1, -0.05) is 0 Å². The molecule has 1 aliphatic rings. The number of halogens is 5. The second-order valence-corrected chi connectivity index (χ2v) is 5.67. The highest BCUT2D eigenvalue weighted by atomic mass is 19.3. The first-order valence-electron chi connectivity index (χ1n) is 7.17. The molecular weight excluding hydrogens is 321 g/mol. The number of aliphatic hydroxyl groups excluding tert-OH is 1. The van der Waals surface area contributed by atoms with Crippen LogP contribution in [0, 0.1) is 23.4 Å². The van der Waals surface area contributed by atoms with Gasteiger partial charge in [0.25, 0.3) is 0 Å². The molecule has 128 valence electrons. The Morgan fingerprint density at radius 3 is 2.22 bits per heavy atom. The maximum Gasteiger partial charge on any atom is 0.248 e. The molecule has 0 bridgehead atoms. The van der Waals surface area contributed by atoms with Crippen molar-refractivity contribution in [2.75, 3.05) is 6.61 Å². The van der Waals surface area contributed by atoms with Gasteiger partial charge in [-0.05, 0) is 30.5 Å². The lowest BCUT2D eigenvalue weighted by atomic mass is 9.86. The topological polar surface area (TPSA) is 49.3 Å². The normalized spacial score (nSPS) is 19.4. The lowest BCUT2D eigenvalue weighted by molar-refractivity contribution is -0.130. The summed E-state index contributed by atoms with van der Waals surface area (Å²) >= 11 is 0. The Hall–Kier alpha value is -1.70. The van der Waals surface area contributed by atoms with Crippen LogP contribution < -0.4 is 5.32 Å². The van der Waals surface area contributed by atoms with E-state index >= 15 is 0 Å². The number of carbonyl (C=O) groups excluding carboxylic acids is 1. The van der Waals surface area contributed by atoms with Gasteiger partial charge in [0, 0.05) is 18.8 Å². The van der Waals surface area contributed by atoms with E-state index in [0.29, 0.717) is 12.1 Å². The fraction of sp³-hybridized carbons (Fsp3) is 0.533. The molecule has 0 aromatic heterocycles. The van der Waals surface area contributed by atoms with Crippen molar-refractivity contribution in [1.82, 2.24) is 5.32 Å². The van der Waals surface area contributed by atoms with E-state index < -0.39 is 60.7 Å². The molecule has 0 aliphatic heterocycles. The third-order valence-corrected chi connectivity index (χ3v) is 4.00. The Morgan fingerprint density at radius 2 is 1.74 bits per heavy atom. The summed E-state index contributed by atoms with van der Waals surface area (Å²) in [6.45, 7) is -0.668. The predicted molar refractivity (Wildman–Crippen MR) is 71.2 cm³/mol. The summed E-state index contributed by atoms with van der Waals surface area (Å²) in [4.78, 5) is 12.1. The lowest BCUT2D eigenvalue weighted by Gasteiger charge is -2.28. The van der Waals surface area contributed by atoms with E-state index in [1.807, 2.05) is 0 Å². The number of carbonyl (C=O) groups is 1. The summed E-state index contributed by atoms with van der Waals surface area (Å²) in [6, 6.07) is 0.206. The lowest BCUT2D eigenvalue weighted by Crippen LogP contribution is -2.39. The Bertz CT molecular complexity index is 560. The Labute approximate surface area is 129 Å². The predicted octanol–water partition coefficient (Wildman–Crippen LogP) is 3.08. The SMILES string of the molecule is O=C(NC(CO)c1cc(F)c(F)c(F)c1)C1CCC(F)(F)CC1. The first kappa shape index (κ1) is 17.7. The van der Waals surface area contributed by atoms with E-state index in [1.165, 1.54) is 0 Å². The van der Waals surface area contributed by atoms with Gasteiger partial charge >= 0.3 is 0 Å². The van der Waals surface area contributed by atoms with Crippen molar-refractivity contribution >= 4 is 5.91 Å². The minimum absolute atomic E-state index is 0.0108. The monoisotopic (exact) mass is 337 g/mol. The fourth-order valence-corrected chi connectivity index (χ4v) is 2.60. The summed E-state index contributed by atoms with van der Waals surface area (Å²) in [6.07, 6.45) is -0.838. The van der Waals surface area contributed by atoms with Crippen molar-refractivity contribution in [2.45, 2.75) is 37.6 Å². The number of aliphatic hydroxyl groups is 1. The molecule has 0 spiro atoms. The maximum atomic E-state index is 13.2. The molecule has 1 atom stereocenters. The molecule has 1 aromatic carbocycles. The minimum Gasteiger partial charge on any atom is -0.394 e. The van der Waals surface area contributed by atoms with Gasteiger partial charge in [0.2, 0.25) is 11.8 Å². The van der Waals surface area contributed by atoms with Crippen LogP contribution in [0.4, 0.5) is 22.0 Å². The molecule has 1 aromatic rings. The van der Waals surface area contributed by atoms with E-state index in [9.17, 15) is 31.9 Å². The molecule has 1 fully saturated rings. The minimum atomic E-state index is -2.78. The van der Waals surface area contributed by atoms with Crippen molar-refractivity contribution in [3.8, 4) is 0 Å². The maximum absolute atomic E-state index is 13.2. The van der Waals surface area contributed by atoms with Gasteiger partial charge < -0.3 is 10.4 Å². The van der Waals surface area contributed by atoms with Crippen LogP contribution in [0.15, 0.2) is 12.1 Å². The number of hydrogen-bond donors (Lipinski definition) is 2. The Morgan fingerprint density at radius 1 is 1.22 bits per heavy atom. The highest BCUT2D eigenvalue weighted by molar-refractivity contribution is 5.79. The van der Waals surface area contributed by atoms with Crippen LogP contribution in [-0.2, 0) is 4.79 Å². The molecule has 1 aliphatic carbocycles. The molecule has 0 radical (unpaired) electrons. The Balaban J connectivity index is 2.06. The van der Waals surface area contributed by atoms with Gasteiger partial charge in [0.05, 0.1) is 12.6 Å². The third kappa shape index (κ3) is 4.19. The van der Waals surface area contributed by atoms with Crippen molar-refractivity contribution in [1.29, 1.82) is 0 Å². The van der Waals surface area contributed by atoms with Crippen LogP contribution in [0.25, 0.3) is 0 Å². The van der Waals surface area contributed by atoms with Crippen molar-refractivity contribution in [2.24, 2.45) is 5.92 Å². The zero-order valence-corrected chi connectivity index (χ0v) is 12.1. The highest BCUT2D eigenvalue weighted by Gasteiger charge is 2.37. The second kappa shape index (κ2) is 6.82. The number of nitrogens with one attached hydrogen (secondary N) is 1.